The van der Waals surface area contributed by atoms with E-state index in [-0.39, 0.29) is 11.9 Å². The highest BCUT2D eigenvalue weighted by atomic mass is 16.5. The first-order chi connectivity index (χ1) is 9.31. The molecule has 1 aromatic rings. The topological polar surface area (TPSA) is 41.6 Å². The van der Waals surface area contributed by atoms with Crippen molar-refractivity contribution in [2.24, 2.45) is 0 Å². The molecule has 2 aliphatic heterocycles. The SMILES string of the molecule is COc1cccc2c1N(C(=O)[C@@H]1CCCN1)CCC2. The summed E-state index contributed by atoms with van der Waals surface area (Å²) in [4.78, 5) is 14.6. The predicted octanol–water partition coefficient (Wildman–Crippen LogP) is 1.73. The lowest BCUT2D eigenvalue weighted by molar-refractivity contribution is -0.120. The predicted molar refractivity (Wildman–Crippen MR) is 74.7 cm³/mol. The summed E-state index contributed by atoms with van der Waals surface area (Å²) in [6.07, 6.45) is 4.08. The maximum Gasteiger partial charge on any atom is 0.244 e. The highest BCUT2D eigenvalue weighted by molar-refractivity contribution is 5.99. The Morgan fingerprint density at radius 2 is 2.32 bits per heavy atom. The minimum atomic E-state index is -0.0177. The number of nitrogens with one attached hydrogen (secondary N) is 1. The average Bonchev–Trinajstić information content (AvgIpc) is 2.99. The van der Waals surface area contributed by atoms with E-state index in [4.69, 9.17) is 4.74 Å². The molecule has 0 aliphatic carbocycles. The van der Waals surface area contributed by atoms with Crippen LogP contribution >= 0.6 is 0 Å². The van der Waals surface area contributed by atoms with E-state index in [1.54, 1.807) is 7.11 Å². The van der Waals surface area contributed by atoms with Gasteiger partial charge in [0.05, 0.1) is 18.8 Å². The van der Waals surface area contributed by atoms with E-state index in [1.807, 2.05) is 17.0 Å². The quantitative estimate of drug-likeness (QED) is 0.880. The first-order valence-electron chi connectivity index (χ1n) is 7.02. The molecular formula is C15H20N2O2. The number of rotatable bonds is 2. The van der Waals surface area contributed by atoms with E-state index in [0.717, 1.165) is 50.2 Å². The number of methoxy groups -OCH3 is 1. The van der Waals surface area contributed by atoms with E-state index in [1.165, 1.54) is 5.56 Å². The highest BCUT2D eigenvalue weighted by Crippen LogP contribution is 2.36. The molecule has 1 aromatic carbocycles. The van der Waals surface area contributed by atoms with Gasteiger partial charge in [-0.3, -0.25) is 4.79 Å². The summed E-state index contributed by atoms with van der Waals surface area (Å²) in [6.45, 7) is 1.74. The number of aryl methyl sites for hydroxylation is 1. The lowest BCUT2D eigenvalue weighted by atomic mass is 10.00. The third-order valence-electron chi connectivity index (χ3n) is 4.02. The molecule has 4 nitrogen and oxygen atoms in total. The van der Waals surface area contributed by atoms with E-state index in [2.05, 4.69) is 11.4 Å². The summed E-state index contributed by atoms with van der Waals surface area (Å²) in [5, 5.41) is 3.29. The fourth-order valence-electron chi connectivity index (χ4n) is 3.08. The molecule has 2 heterocycles. The van der Waals surface area contributed by atoms with Crippen molar-refractivity contribution in [3.63, 3.8) is 0 Å². The maximum atomic E-state index is 12.6. The van der Waals surface area contributed by atoms with Crippen LogP contribution < -0.4 is 15.0 Å². The second-order valence-corrected chi connectivity index (χ2v) is 5.21. The van der Waals surface area contributed by atoms with Crippen molar-refractivity contribution >= 4 is 11.6 Å². The zero-order valence-corrected chi connectivity index (χ0v) is 11.3. The smallest absolute Gasteiger partial charge is 0.244 e. The summed E-state index contributed by atoms with van der Waals surface area (Å²) in [5.41, 5.74) is 2.20. The Morgan fingerprint density at radius 1 is 1.42 bits per heavy atom. The molecule has 0 spiro atoms. The van der Waals surface area contributed by atoms with Crippen LogP contribution in [0.3, 0.4) is 0 Å². The molecule has 1 atom stereocenters. The third-order valence-corrected chi connectivity index (χ3v) is 4.02. The first-order valence-corrected chi connectivity index (χ1v) is 7.02. The highest BCUT2D eigenvalue weighted by Gasteiger charge is 2.32. The number of para-hydroxylation sites is 1. The van der Waals surface area contributed by atoms with Gasteiger partial charge in [-0.15, -0.1) is 0 Å². The van der Waals surface area contributed by atoms with Crippen molar-refractivity contribution in [1.29, 1.82) is 0 Å². The molecule has 19 heavy (non-hydrogen) atoms. The lowest BCUT2D eigenvalue weighted by Crippen LogP contribution is -2.46. The molecule has 1 N–H and O–H groups in total. The Labute approximate surface area is 113 Å². The van der Waals surface area contributed by atoms with Gasteiger partial charge in [-0.25, -0.2) is 0 Å². The van der Waals surface area contributed by atoms with Crippen LogP contribution in [0.15, 0.2) is 18.2 Å². The minimum absolute atomic E-state index is 0.0177. The number of carbonyl (C=O) groups is 1. The van der Waals surface area contributed by atoms with Gasteiger partial charge in [0.25, 0.3) is 0 Å². The maximum absolute atomic E-state index is 12.6. The van der Waals surface area contributed by atoms with Gasteiger partial charge in [-0.2, -0.15) is 0 Å². The summed E-state index contributed by atoms with van der Waals surface area (Å²) in [6, 6.07) is 6.02. The number of benzene rings is 1. The lowest BCUT2D eigenvalue weighted by Gasteiger charge is -2.32. The van der Waals surface area contributed by atoms with Crippen molar-refractivity contribution in [3.05, 3.63) is 23.8 Å². The molecule has 4 heteroatoms. The number of amides is 1. The molecule has 1 fully saturated rings. The molecule has 0 saturated carbocycles. The number of ether oxygens (including phenoxy) is 1. The molecule has 1 amide bonds. The van der Waals surface area contributed by atoms with E-state index in [9.17, 15) is 4.79 Å². The van der Waals surface area contributed by atoms with Crippen LogP contribution in [0.4, 0.5) is 5.69 Å². The van der Waals surface area contributed by atoms with Gasteiger partial charge in [0.1, 0.15) is 5.75 Å². The van der Waals surface area contributed by atoms with Gasteiger partial charge in [0.15, 0.2) is 0 Å². The van der Waals surface area contributed by atoms with Gasteiger partial charge >= 0.3 is 0 Å². The van der Waals surface area contributed by atoms with Crippen LogP contribution in [0.25, 0.3) is 0 Å². The normalized spacial score (nSPS) is 22.2. The van der Waals surface area contributed by atoms with E-state index < -0.39 is 0 Å². The van der Waals surface area contributed by atoms with Crippen molar-refractivity contribution in [2.75, 3.05) is 25.1 Å². The second kappa shape index (κ2) is 5.21. The minimum Gasteiger partial charge on any atom is -0.495 e. The fourth-order valence-corrected chi connectivity index (χ4v) is 3.08. The third kappa shape index (κ3) is 2.21. The van der Waals surface area contributed by atoms with Crippen LogP contribution in [-0.4, -0.2) is 32.1 Å². The van der Waals surface area contributed by atoms with Gasteiger partial charge in [0, 0.05) is 6.54 Å². The molecule has 0 bridgehead atoms. The first kappa shape index (κ1) is 12.5. The fraction of sp³-hybridized carbons (Fsp3) is 0.533. The van der Waals surface area contributed by atoms with Crippen molar-refractivity contribution < 1.29 is 9.53 Å². The number of nitrogens with zero attached hydrogens (tertiary/aromatic N) is 1. The van der Waals surface area contributed by atoms with Crippen LogP contribution in [0.2, 0.25) is 0 Å². The van der Waals surface area contributed by atoms with Gasteiger partial charge in [0.2, 0.25) is 5.91 Å². The number of hydrogen-bond acceptors (Lipinski definition) is 3. The Balaban J connectivity index is 1.94. The Morgan fingerprint density at radius 3 is 3.05 bits per heavy atom. The molecule has 0 unspecified atom stereocenters. The van der Waals surface area contributed by atoms with E-state index >= 15 is 0 Å². The standard InChI is InChI=1S/C15H20N2O2/c1-19-13-8-2-5-11-6-4-10-17(14(11)13)15(18)12-7-3-9-16-12/h2,5,8,12,16H,3-4,6-7,9-10H2,1H3/t12-/m0/s1. The van der Waals surface area contributed by atoms with E-state index in [0.29, 0.717) is 0 Å². The molecule has 2 aliphatic rings. The zero-order chi connectivity index (χ0) is 13.2. The zero-order valence-electron chi connectivity index (χ0n) is 11.3. The summed E-state index contributed by atoms with van der Waals surface area (Å²) < 4.78 is 5.44. The average molecular weight is 260 g/mol. The second-order valence-electron chi connectivity index (χ2n) is 5.21. The van der Waals surface area contributed by atoms with Crippen LogP contribution in [0.1, 0.15) is 24.8 Å². The monoisotopic (exact) mass is 260 g/mol. The number of hydrogen-bond donors (Lipinski definition) is 1. The van der Waals surface area contributed by atoms with Gasteiger partial charge in [-0.05, 0) is 43.9 Å². The van der Waals surface area contributed by atoms with Crippen LogP contribution in [-0.2, 0) is 11.2 Å². The number of carbonyl (C=O) groups excluding carboxylic acids is 1. The summed E-state index contributed by atoms with van der Waals surface area (Å²) >= 11 is 0. The summed E-state index contributed by atoms with van der Waals surface area (Å²) in [5.74, 6) is 1.01. The van der Waals surface area contributed by atoms with Crippen molar-refractivity contribution in [1.82, 2.24) is 5.32 Å². The largest absolute Gasteiger partial charge is 0.495 e. The van der Waals surface area contributed by atoms with Crippen LogP contribution in [0.5, 0.6) is 5.75 Å². The Hall–Kier alpha value is -1.55. The summed E-state index contributed by atoms with van der Waals surface area (Å²) in [7, 11) is 1.67. The molecule has 0 aromatic heterocycles. The Bertz CT molecular complexity index is 467. The number of fused-ring (bicyclic) bond motifs is 1. The van der Waals surface area contributed by atoms with Crippen molar-refractivity contribution in [3.8, 4) is 5.75 Å². The molecule has 1 saturated heterocycles. The van der Waals surface area contributed by atoms with Crippen molar-refractivity contribution in [2.45, 2.75) is 31.7 Å². The molecular weight excluding hydrogens is 240 g/mol. The van der Waals surface area contributed by atoms with Crippen LogP contribution in [0, 0.1) is 0 Å². The molecule has 3 rings (SSSR count). The van der Waals surface area contributed by atoms with Gasteiger partial charge < -0.3 is 15.0 Å². The molecule has 102 valence electrons. The molecule has 0 radical (unpaired) electrons. The Kier molecular flexibility index (Phi) is 3.42. The van der Waals surface area contributed by atoms with Gasteiger partial charge in [-0.1, -0.05) is 12.1 Å². The number of anilines is 1.